The van der Waals surface area contributed by atoms with Crippen LogP contribution in [0.15, 0.2) is 42.5 Å². The summed E-state index contributed by atoms with van der Waals surface area (Å²) in [6.07, 6.45) is 0. The second kappa shape index (κ2) is 6.48. The Morgan fingerprint density at radius 2 is 1.90 bits per heavy atom. The van der Waals surface area contributed by atoms with E-state index < -0.39 is 0 Å². The Labute approximate surface area is 117 Å². The van der Waals surface area contributed by atoms with E-state index >= 15 is 0 Å². The van der Waals surface area contributed by atoms with Gasteiger partial charge < -0.3 is 10.6 Å². The Hall–Kier alpha value is -1.94. The summed E-state index contributed by atoms with van der Waals surface area (Å²) in [5.41, 5.74) is 7.77. The van der Waals surface area contributed by atoms with Crippen LogP contribution >= 0.6 is 0 Å². The third-order valence-electron chi connectivity index (χ3n) is 3.26. The average molecular weight is 276 g/mol. The van der Waals surface area contributed by atoms with Crippen molar-refractivity contribution in [1.82, 2.24) is 0 Å². The molecule has 0 saturated carbocycles. The van der Waals surface area contributed by atoms with E-state index in [0.29, 0.717) is 25.2 Å². The van der Waals surface area contributed by atoms with E-state index in [0.717, 1.165) is 11.3 Å². The van der Waals surface area contributed by atoms with Crippen molar-refractivity contribution in [3.63, 3.8) is 0 Å². The molecule has 0 bridgehead atoms. The normalized spacial score (nSPS) is 10.6. The molecule has 2 aromatic rings. The summed E-state index contributed by atoms with van der Waals surface area (Å²) >= 11 is 0. The van der Waals surface area contributed by atoms with Gasteiger partial charge in [-0.2, -0.15) is 0 Å². The number of halogens is 2. The molecule has 106 valence electrons. The smallest absolute Gasteiger partial charge is 0.128 e. The highest BCUT2D eigenvalue weighted by atomic mass is 19.1. The first-order valence-corrected chi connectivity index (χ1v) is 6.62. The van der Waals surface area contributed by atoms with Gasteiger partial charge in [0.05, 0.1) is 0 Å². The van der Waals surface area contributed by atoms with Gasteiger partial charge in [0.25, 0.3) is 0 Å². The van der Waals surface area contributed by atoms with Gasteiger partial charge in [-0.15, -0.1) is 0 Å². The topological polar surface area (TPSA) is 29.3 Å². The van der Waals surface area contributed by atoms with Gasteiger partial charge in [0, 0.05) is 30.9 Å². The molecule has 0 aliphatic heterocycles. The van der Waals surface area contributed by atoms with E-state index in [2.05, 4.69) is 0 Å². The standard InChI is InChI=1S/C16H18F2N2/c1-2-20(15-5-3-4-14(17)9-15)11-13-8-12(10-19)6-7-16(13)18/h3-9H,2,10-11,19H2,1H3. The lowest BCUT2D eigenvalue weighted by molar-refractivity contribution is 0.603. The second-order valence-corrected chi connectivity index (χ2v) is 4.62. The predicted octanol–water partition coefficient (Wildman–Crippen LogP) is 3.45. The third kappa shape index (κ3) is 3.33. The van der Waals surface area contributed by atoms with Crippen LogP contribution in [-0.4, -0.2) is 6.54 Å². The van der Waals surface area contributed by atoms with Crippen LogP contribution < -0.4 is 10.6 Å². The van der Waals surface area contributed by atoms with Crippen LogP contribution in [0.5, 0.6) is 0 Å². The molecule has 0 aromatic heterocycles. The Balaban J connectivity index is 2.26. The molecule has 2 aromatic carbocycles. The molecule has 2 nitrogen and oxygen atoms in total. The van der Waals surface area contributed by atoms with Gasteiger partial charge in [0.2, 0.25) is 0 Å². The van der Waals surface area contributed by atoms with E-state index in [-0.39, 0.29) is 11.6 Å². The van der Waals surface area contributed by atoms with E-state index in [4.69, 9.17) is 5.73 Å². The van der Waals surface area contributed by atoms with E-state index in [1.165, 1.54) is 18.2 Å². The van der Waals surface area contributed by atoms with Crippen LogP contribution in [0.3, 0.4) is 0 Å². The van der Waals surface area contributed by atoms with Gasteiger partial charge in [-0.1, -0.05) is 12.1 Å². The largest absolute Gasteiger partial charge is 0.367 e. The SMILES string of the molecule is CCN(Cc1cc(CN)ccc1F)c1cccc(F)c1. The van der Waals surface area contributed by atoms with Crippen molar-refractivity contribution in [2.24, 2.45) is 5.73 Å². The van der Waals surface area contributed by atoms with Gasteiger partial charge in [0.15, 0.2) is 0 Å². The average Bonchev–Trinajstić information content (AvgIpc) is 2.46. The molecule has 2 rings (SSSR count). The summed E-state index contributed by atoms with van der Waals surface area (Å²) < 4.78 is 27.1. The molecule has 0 spiro atoms. The van der Waals surface area contributed by atoms with E-state index in [1.54, 1.807) is 18.2 Å². The van der Waals surface area contributed by atoms with Crippen LogP contribution in [0.4, 0.5) is 14.5 Å². The van der Waals surface area contributed by atoms with Crippen LogP contribution in [0.2, 0.25) is 0 Å². The van der Waals surface area contributed by atoms with Crippen LogP contribution in [0, 0.1) is 11.6 Å². The van der Waals surface area contributed by atoms with Crippen LogP contribution in [-0.2, 0) is 13.1 Å². The molecule has 0 radical (unpaired) electrons. The van der Waals surface area contributed by atoms with Crippen molar-refractivity contribution >= 4 is 5.69 Å². The molecule has 0 heterocycles. The first kappa shape index (κ1) is 14.5. The van der Waals surface area contributed by atoms with Gasteiger partial charge in [-0.25, -0.2) is 8.78 Å². The molecule has 0 atom stereocenters. The molecule has 20 heavy (non-hydrogen) atoms. The Morgan fingerprint density at radius 3 is 2.55 bits per heavy atom. The molecule has 2 N–H and O–H groups in total. The number of anilines is 1. The molecular formula is C16H18F2N2. The number of nitrogens with zero attached hydrogens (tertiary/aromatic N) is 1. The number of nitrogens with two attached hydrogens (primary N) is 1. The summed E-state index contributed by atoms with van der Waals surface area (Å²) in [6, 6.07) is 11.2. The van der Waals surface area contributed by atoms with Gasteiger partial charge >= 0.3 is 0 Å². The second-order valence-electron chi connectivity index (χ2n) is 4.62. The van der Waals surface area contributed by atoms with Crippen molar-refractivity contribution < 1.29 is 8.78 Å². The highest BCUT2D eigenvalue weighted by Crippen LogP contribution is 2.20. The van der Waals surface area contributed by atoms with Crippen molar-refractivity contribution in [2.75, 3.05) is 11.4 Å². The molecule has 0 aliphatic carbocycles. The lowest BCUT2D eigenvalue weighted by Crippen LogP contribution is -2.23. The van der Waals surface area contributed by atoms with Gasteiger partial charge in [0.1, 0.15) is 11.6 Å². The number of hydrogen-bond acceptors (Lipinski definition) is 2. The minimum Gasteiger partial charge on any atom is -0.367 e. The minimum absolute atomic E-state index is 0.267. The highest BCUT2D eigenvalue weighted by molar-refractivity contribution is 5.47. The zero-order chi connectivity index (χ0) is 14.5. The van der Waals surface area contributed by atoms with Crippen molar-refractivity contribution in [2.45, 2.75) is 20.0 Å². The number of hydrogen-bond donors (Lipinski definition) is 1. The van der Waals surface area contributed by atoms with Crippen molar-refractivity contribution in [3.05, 3.63) is 65.2 Å². The van der Waals surface area contributed by atoms with Crippen molar-refractivity contribution in [3.8, 4) is 0 Å². The maximum Gasteiger partial charge on any atom is 0.128 e. The maximum absolute atomic E-state index is 13.9. The number of rotatable bonds is 5. The molecule has 4 heteroatoms. The molecule has 0 aliphatic rings. The first-order valence-electron chi connectivity index (χ1n) is 6.62. The zero-order valence-corrected chi connectivity index (χ0v) is 11.4. The molecule has 0 fully saturated rings. The maximum atomic E-state index is 13.9. The lowest BCUT2D eigenvalue weighted by Gasteiger charge is -2.23. The third-order valence-corrected chi connectivity index (χ3v) is 3.26. The Kier molecular flexibility index (Phi) is 4.69. The molecule has 0 saturated heterocycles. The summed E-state index contributed by atoms with van der Waals surface area (Å²) in [7, 11) is 0. The predicted molar refractivity (Wildman–Crippen MR) is 77.4 cm³/mol. The van der Waals surface area contributed by atoms with Gasteiger partial charge in [-0.3, -0.25) is 0 Å². The Bertz CT molecular complexity index is 584. The lowest BCUT2D eigenvalue weighted by atomic mass is 10.1. The van der Waals surface area contributed by atoms with Crippen molar-refractivity contribution in [1.29, 1.82) is 0 Å². The highest BCUT2D eigenvalue weighted by Gasteiger charge is 2.10. The Morgan fingerprint density at radius 1 is 1.10 bits per heavy atom. The van der Waals surface area contributed by atoms with E-state index in [9.17, 15) is 8.78 Å². The molecule has 0 amide bonds. The molecular weight excluding hydrogens is 258 g/mol. The minimum atomic E-state index is -0.294. The molecule has 0 unspecified atom stereocenters. The monoisotopic (exact) mass is 276 g/mol. The fraction of sp³-hybridized carbons (Fsp3) is 0.250. The fourth-order valence-corrected chi connectivity index (χ4v) is 2.14. The quantitative estimate of drug-likeness (QED) is 0.906. The van der Waals surface area contributed by atoms with E-state index in [1.807, 2.05) is 17.9 Å². The van der Waals surface area contributed by atoms with Gasteiger partial charge in [-0.05, 0) is 42.8 Å². The fourth-order valence-electron chi connectivity index (χ4n) is 2.14. The summed E-state index contributed by atoms with van der Waals surface area (Å²) in [5, 5.41) is 0. The summed E-state index contributed by atoms with van der Waals surface area (Å²) in [4.78, 5) is 1.92. The first-order chi connectivity index (χ1) is 9.63. The van der Waals surface area contributed by atoms with Crippen LogP contribution in [0.25, 0.3) is 0 Å². The number of benzene rings is 2. The zero-order valence-electron chi connectivity index (χ0n) is 11.4. The summed E-state index contributed by atoms with van der Waals surface area (Å²) in [5.74, 6) is -0.561. The van der Waals surface area contributed by atoms with Crippen LogP contribution in [0.1, 0.15) is 18.1 Å². The summed E-state index contributed by atoms with van der Waals surface area (Å²) in [6.45, 7) is 3.38.